The van der Waals surface area contributed by atoms with Crippen molar-refractivity contribution in [2.75, 3.05) is 11.9 Å². The number of carbonyl (C=O) groups is 2. The minimum atomic E-state index is 0.0124. The molecule has 0 aliphatic carbocycles. The molecule has 2 rings (SSSR count). The molecule has 0 aromatic heterocycles. The molecule has 84 valence electrons. The summed E-state index contributed by atoms with van der Waals surface area (Å²) < 4.78 is 0. The smallest absolute Gasteiger partial charge is 0.226 e. The van der Waals surface area contributed by atoms with Gasteiger partial charge in [-0.1, -0.05) is 12.1 Å². The van der Waals surface area contributed by atoms with Gasteiger partial charge >= 0.3 is 0 Å². The topological polar surface area (TPSA) is 37.4 Å². The summed E-state index contributed by atoms with van der Waals surface area (Å²) in [4.78, 5) is 24.9. The van der Waals surface area contributed by atoms with Crippen LogP contribution < -0.4 is 4.90 Å². The molecule has 0 saturated carbocycles. The van der Waals surface area contributed by atoms with Crippen LogP contribution in [-0.4, -0.2) is 18.7 Å². The van der Waals surface area contributed by atoms with Crippen molar-refractivity contribution in [2.24, 2.45) is 0 Å². The van der Waals surface area contributed by atoms with Gasteiger partial charge in [-0.05, 0) is 31.4 Å². The molecule has 0 spiro atoms. The fourth-order valence-electron chi connectivity index (χ4n) is 2.20. The third-order valence-corrected chi connectivity index (χ3v) is 3.05. The van der Waals surface area contributed by atoms with Crippen LogP contribution in [0.5, 0.6) is 0 Å². The largest absolute Gasteiger partial charge is 0.314 e. The molecule has 0 unspecified atom stereocenters. The highest BCUT2D eigenvalue weighted by Gasteiger charge is 2.22. The van der Waals surface area contributed by atoms with Crippen molar-refractivity contribution in [1.82, 2.24) is 0 Å². The molecule has 0 fully saturated rings. The van der Waals surface area contributed by atoms with Gasteiger partial charge in [0, 0.05) is 19.0 Å². The van der Waals surface area contributed by atoms with Crippen LogP contribution in [0.1, 0.15) is 35.7 Å². The maximum absolute atomic E-state index is 11.8. The third kappa shape index (κ3) is 1.73. The van der Waals surface area contributed by atoms with E-state index in [9.17, 15) is 9.59 Å². The van der Waals surface area contributed by atoms with Crippen molar-refractivity contribution in [1.29, 1.82) is 0 Å². The first kappa shape index (κ1) is 10.9. The van der Waals surface area contributed by atoms with Crippen LogP contribution in [-0.2, 0) is 11.2 Å². The van der Waals surface area contributed by atoms with Crippen LogP contribution in [0.3, 0.4) is 0 Å². The number of anilines is 1. The number of nitrogens with zero attached hydrogens (tertiary/aromatic N) is 1. The van der Waals surface area contributed by atoms with Gasteiger partial charge in [-0.2, -0.15) is 0 Å². The molecule has 0 saturated heterocycles. The lowest BCUT2D eigenvalue weighted by atomic mass is 10.0. The molecule has 0 bridgehead atoms. The molecule has 1 amide bonds. The molecule has 1 aliphatic heterocycles. The quantitative estimate of drug-likeness (QED) is 0.676. The van der Waals surface area contributed by atoms with E-state index in [-0.39, 0.29) is 11.7 Å². The van der Waals surface area contributed by atoms with Gasteiger partial charge in [-0.25, -0.2) is 0 Å². The Morgan fingerprint density at radius 1 is 1.31 bits per heavy atom. The first-order valence-electron chi connectivity index (χ1n) is 5.50. The Balaban J connectivity index is 2.61. The number of rotatable bonds is 1. The Bertz CT molecular complexity index is 451. The number of para-hydroxylation sites is 1. The second-order valence-electron chi connectivity index (χ2n) is 4.18. The maximum Gasteiger partial charge on any atom is 0.226 e. The molecule has 1 aromatic rings. The second-order valence-corrected chi connectivity index (χ2v) is 4.18. The molecule has 16 heavy (non-hydrogen) atoms. The summed E-state index contributed by atoms with van der Waals surface area (Å²) in [6, 6.07) is 5.67. The molecule has 0 atom stereocenters. The van der Waals surface area contributed by atoms with Crippen molar-refractivity contribution in [3.63, 3.8) is 0 Å². The van der Waals surface area contributed by atoms with Crippen LogP contribution in [0, 0.1) is 0 Å². The average molecular weight is 217 g/mol. The highest BCUT2D eigenvalue weighted by Crippen LogP contribution is 2.29. The molecule has 0 radical (unpaired) electrons. The van der Waals surface area contributed by atoms with Crippen LogP contribution >= 0.6 is 0 Å². The van der Waals surface area contributed by atoms with Crippen molar-refractivity contribution in [3.8, 4) is 0 Å². The fraction of sp³-hybridized carbons (Fsp3) is 0.385. The zero-order chi connectivity index (χ0) is 11.7. The van der Waals surface area contributed by atoms with E-state index in [0.717, 1.165) is 24.1 Å². The van der Waals surface area contributed by atoms with Gasteiger partial charge in [-0.3, -0.25) is 9.59 Å². The van der Waals surface area contributed by atoms with Crippen molar-refractivity contribution < 1.29 is 9.59 Å². The monoisotopic (exact) mass is 217 g/mol. The summed E-state index contributed by atoms with van der Waals surface area (Å²) in [5.41, 5.74) is 2.55. The van der Waals surface area contributed by atoms with Gasteiger partial charge < -0.3 is 4.90 Å². The molecule has 1 aromatic carbocycles. The Morgan fingerprint density at radius 3 is 2.75 bits per heavy atom. The Kier molecular flexibility index (Phi) is 2.77. The number of ketones is 1. The minimum Gasteiger partial charge on any atom is -0.314 e. The molecular formula is C13H15NO2. The number of Topliss-reactive ketones (excluding diaryl/α,β-unsaturated/α-hetero) is 1. The zero-order valence-corrected chi connectivity index (χ0v) is 9.62. The Hall–Kier alpha value is -1.64. The first-order chi connectivity index (χ1) is 7.61. The number of hydrogen-bond donors (Lipinski definition) is 0. The zero-order valence-electron chi connectivity index (χ0n) is 9.62. The minimum absolute atomic E-state index is 0.0124. The summed E-state index contributed by atoms with van der Waals surface area (Å²) >= 11 is 0. The van der Waals surface area contributed by atoms with E-state index in [4.69, 9.17) is 0 Å². The van der Waals surface area contributed by atoms with Crippen LogP contribution in [0.2, 0.25) is 0 Å². The van der Waals surface area contributed by atoms with Crippen LogP contribution in [0.15, 0.2) is 18.2 Å². The van der Waals surface area contributed by atoms with Gasteiger partial charge in [0.25, 0.3) is 0 Å². The van der Waals surface area contributed by atoms with Gasteiger partial charge in [0.2, 0.25) is 5.91 Å². The van der Waals surface area contributed by atoms with E-state index in [1.807, 2.05) is 12.1 Å². The van der Waals surface area contributed by atoms with E-state index in [2.05, 4.69) is 0 Å². The normalized spacial score (nSPS) is 15.6. The Morgan fingerprint density at radius 2 is 2.06 bits per heavy atom. The lowest BCUT2D eigenvalue weighted by Gasteiger charge is -2.20. The number of amides is 1. The number of fused-ring (bicyclic) bond motifs is 1. The van der Waals surface area contributed by atoms with E-state index in [0.29, 0.717) is 12.0 Å². The third-order valence-electron chi connectivity index (χ3n) is 3.05. The van der Waals surface area contributed by atoms with Gasteiger partial charge in [-0.15, -0.1) is 0 Å². The standard InChI is InChI=1S/C13H15NO2/c1-9(15)11-7-3-5-10-6-4-8-12(16)14(2)13(10)11/h3,5,7H,4,6,8H2,1-2H3. The molecular weight excluding hydrogens is 202 g/mol. The summed E-state index contributed by atoms with van der Waals surface area (Å²) in [7, 11) is 1.75. The van der Waals surface area contributed by atoms with Crippen molar-refractivity contribution in [2.45, 2.75) is 26.2 Å². The predicted octanol–water partition coefficient (Wildman–Crippen LogP) is 2.19. The molecule has 3 nitrogen and oxygen atoms in total. The van der Waals surface area contributed by atoms with Crippen LogP contribution in [0.4, 0.5) is 5.69 Å². The van der Waals surface area contributed by atoms with Crippen molar-refractivity contribution >= 4 is 17.4 Å². The second kappa shape index (κ2) is 4.08. The fourth-order valence-corrected chi connectivity index (χ4v) is 2.20. The Labute approximate surface area is 95.1 Å². The summed E-state index contributed by atoms with van der Waals surface area (Å²) in [5.74, 6) is 0.103. The van der Waals surface area contributed by atoms with E-state index in [1.54, 1.807) is 24.9 Å². The van der Waals surface area contributed by atoms with Crippen LogP contribution in [0.25, 0.3) is 0 Å². The maximum atomic E-state index is 11.8. The predicted molar refractivity (Wildman–Crippen MR) is 62.8 cm³/mol. The number of aryl methyl sites for hydroxylation is 1. The van der Waals surface area contributed by atoms with E-state index >= 15 is 0 Å². The highest BCUT2D eigenvalue weighted by molar-refractivity contribution is 6.05. The number of benzene rings is 1. The summed E-state index contributed by atoms with van der Waals surface area (Å²) in [6.45, 7) is 1.54. The SMILES string of the molecule is CC(=O)c1cccc2c1N(C)C(=O)CCC2. The molecule has 1 heterocycles. The highest BCUT2D eigenvalue weighted by atomic mass is 16.2. The van der Waals surface area contributed by atoms with Gasteiger partial charge in [0.15, 0.2) is 5.78 Å². The lowest BCUT2D eigenvalue weighted by Crippen LogP contribution is -2.26. The summed E-state index contributed by atoms with van der Waals surface area (Å²) in [6.07, 6.45) is 2.28. The van der Waals surface area contributed by atoms with Crippen molar-refractivity contribution in [3.05, 3.63) is 29.3 Å². The summed E-state index contributed by atoms with van der Waals surface area (Å²) in [5, 5.41) is 0. The number of carbonyl (C=O) groups excluding carboxylic acids is 2. The lowest BCUT2D eigenvalue weighted by molar-refractivity contribution is -0.118. The average Bonchev–Trinajstić information content (AvgIpc) is 2.40. The van der Waals surface area contributed by atoms with E-state index in [1.165, 1.54) is 0 Å². The first-order valence-corrected chi connectivity index (χ1v) is 5.50. The molecule has 0 N–H and O–H groups in total. The van der Waals surface area contributed by atoms with E-state index < -0.39 is 0 Å². The van der Waals surface area contributed by atoms with Gasteiger partial charge in [0.1, 0.15) is 0 Å². The molecule has 3 heteroatoms. The number of hydrogen-bond acceptors (Lipinski definition) is 2. The van der Waals surface area contributed by atoms with Gasteiger partial charge in [0.05, 0.1) is 5.69 Å². The molecule has 1 aliphatic rings.